The van der Waals surface area contributed by atoms with Crippen molar-refractivity contribution in [1.29, 1.82) is 0 Å². The number of hydrogen-bond donors (Lipinski definition) is 1. The SMILES string of the molecule is COC(=O)C1CC(N(C)C(C)(C)C)CCC1N1CC[C@H](N)C1=O. The maximum absolute atomic E-state index is 12.3. The van der Waals surface area contributed by atoms with Crippen LogP contribution in [-0.4, -0.2) is 66.0 Å². The number of nitrogens with two attached hydrogens (primary N) is 1. The van der Waals surface area contributed by atoms with Crippen molar-refractivity contribution in [3.05, 3.63) is 0 Å². The van der Waals surface area contributed by atoms with Gasteiger partial charge < -0.3 is 15.4 Å². The number of hydrogen-bond acceptors (Lipinski definition) is 5. The number of rotatable bonds is 3. The van der Waals surface area contributed by atoms with Gasteiger partial charge in [-0.3, -0.25) is 14.5 Å². The second-order valence-electron chi connectivity index (χ2n) is 7.87. The molecule has 1 saturated carbocycles. The van der Waals surface area contributed by atoms with Crippen molar-refractivity contribution in [3.8, 4) is 0 Å². The minimum atomic E-state index is -0.414. The van der Waals surface area contributed by atoms with Crippen LogP contribution in [-0.2, 0) is 14.3 Å². The molecule has 1 amide bonds. The second kappa shape index (κ2) is 6.77. The van der Waals surface area contributed by atoms with E-state index in [1.165, 1.54) is 7.11 Å². The summed E-state index contributed by atoms with van der Waals surface area (Å²) in [5.74, 6) is -0.500. The molecule has 2 fully saturated rings. The lowest BCUT2D eigenvalue weighted by Crippen LogP contribution is -2.55. The van der Waals surface area contributed by atoms with Crippen LogP contribution in [0.15, 0.2) is 0 Å². The number of ether oxygens (including phenoxy) is 1. The fraction of sp³-hybridized carbons (Fsp3) is 0.882. The number of esters is 1. The first-order valence-electron chi connectivity index (χ1n) is 8.53. The van der Waals surface area contributed by atoms with Crippen LogP contribution in [0, 0.1) is 5.92 Å². The first-order chi connectivity index (χ1) is 10.7. The maximum Gasteiger partial charge on any atom is 0.310 e. The molecule has 1 aliphatic heterocycles. The van der Waals surface area contributed by atoms with Crippen LogP contribution in [0.3, 0.4) is 0 Å². The molecule has 1 aliphatic carbocycles. The summed E-state index contributed by atoms with van der Waals surface area (Å²) >= 11 is 0. The monoisotopic (exact) mass is 325 g/mol. The van der Waals surface area contributed by atoms with Crippen molar-refractivity contribution in [3.63, 3.8) is 0 Å². The topological polar surface area (TPSA) is 75.9 Å². The largest absolute Gasteiger partial charge is 0.469 e. The molecule has 0 aromatic heterocycles. The Balaban J connectivity index is 2.16. The molecule has 0 aromatic carbocycles. The van der Waals surface area contributed by atoms with E-state index in [4.69, 9.17) is 10.5 Å². The summed E-state index contributed by atoms with van der Waals surface area (Å²) in [6, 6.07) is -0.168. The van der Waals surface area contributed by atoms with Crippen LogP contribution >= 0.6 is 0 Å². The molecule has 6 nitrogen and oxygen atoms in total. The quantitative estimate of drug-likeness (QED) is 0.783. The molecule has 2 aliphatic rings. The van der Waals surface area contributed by atoms with Crippen molar-refractivity contribution in [1.82, 2.24) is 9.80 Å². The van der Waals surface area contributed by atoms with E-state index in [9.17, 15) is 9.59 Å². The minimum absolute atomic E-state index is 0.0217. The van der Waals surface area contributed by atoms with E-state index >= 15 is 0 Å². The summed E-state index contributed by atoms with van der Waals surface area (Å²) in [6.45, 7) is 7.18. The lowest BCUT2D eigenvalue weighted by Gasteiger charge is -2.46. The van der Waals surface area contributed by atoms with E-state index in [1.54, 1.807) is 0 Å². The Morgan fingerprint density at radius 3 is 2.43 bits per heavy atom. The normalized spacial score (nSPS) is 32.5. The Kier molecular flexibility index (Phi) is 5.36. The van der Waals surface area contributed by atoms with Gasteiger partial charge in [-0.05, 0) is 53.5 Å². The van der Waals surface area contributed by atoms with Gasteiger partial charge in [-0.1, -0.05) is 0 Å². The molecule has 0 bridgehead atoms. The Labute approximate surface area is 139 Å². The summed E-state index contributed by atoms with van der Waals surface area (Å²) in [5, 5.41) is 0. The van der Waals surface area contributed by atoms with Crippen LogP contribution in [0.4, 0.5) is 0 Å². The number of carbonyl (C=O) groups excluding carboxylic acids is 2. The molecule has 6 heteroatoms. The zero-order valence-electron chi connectivity index (χ0n) is 15.0. The lowest BCUT2D eigenvalue weighted by molar-refractivity contribution is -0.152. The first-order valence-corrected chi connectivity index (χ1v) is 8.53. The van der Waals surface area contributed by atoms with Gasteiger partial charge in [-0.15, -0.1) is 0 Å². The van der Waals surface area contributed by atoms with Gasteiger partial charge in [0.2, 0.25) is 5.91 Å². The highest BCUT2D eigenvalue weighted by molar-refractivity contribution is 5.85. The number of likely N-dealkylation sites (tertiary alicyclic amines) is 1. The smallest absolute Gasteiger partial charge is 0.310 e. The molecule has 0 spiro atoms. The standard InChI is InChI=1S/C17H31N3O3/c1-17(2,3)19(4)11-6-7-14(12(10-11)16(22)23-5)20-9-8-13(18)15(20)21/h11-14H,6-10,18H2,1-5H3/t11?,12?,13-,14?/m0/s1. The molecule has 2 rings (SSSR count). The van der Waals surface area contributed by atoms with Crippen LogP contribution in [0.5, 0.6) is 0 Å². The fourth-order valence-corrected chi connectivity index (χ4v) is 3.86. The molecule has 1 heterocycles. The van der Waals surface area contributed by atoms with Crippen molar-refractivity contribution >= 4 is 11.9 Å². The van der Waals surface area contributed by atoms with Crippen molar-refractivity contribution in [2.45, 2.75) is 70.1 Å². The number of amides is 1. The fourth-order valence-electron chi connectivity index (χ4n) is 3.86. The molecule has 3 unspecified atom stereocenters. The van der Waals surface area contributed by atoms with Gasteiger partial charge in [0.05, 0.1) is 19.1 Å². The third-order valence-electron chi connectivity index (χ3n) is 5.58. The predicted molar refractivity (Wildman–Crippen MR) is 88.8 cm³/mol. The van der Waals surface area contributed by atoms with E-state index in [0.717, 1.165) is 19.3 Å². The maximum atomic E-state index is 12.3. The van der Waals surface area contributed by atoms with Crippen LogP contribution in [0.2, 0.25) is 0 Å². The van der Waals surface area contributed by atoms with Gasteiger partial charge in [-0.2, -0.15) is 0 Å². The molecule has 132 valence electrons. The highest BCUT2D eigenvalue weighted by Gasteiger charge is 2.45. The van der Waals surface area contributed by atoms with E-state index in [1.807, 2.05) is 4.90 Å². The summed E-state index contributed by atoms with van der Waals surface area (Å²) in [7, 11) is 3.53. The van der Waals surface area contributed by atoms with Gasteiger partial charge in [0.1, 0.15) is 0 Å². The number of carbonyl (C=O) groups is 2. The molecule has 0 radical (unpaired) electrons. The van der Waals surface area contributed by atoms with E-state index in [2.05, 4.69) is 32.7 Å². The van der Waals surface area contributed by atoms with Gasteiger partial charge in [0.25, 0.3) is 0 Å². The zero-order chi connectivity index (χ0) is 17.4. The van der Waals surface area contributed by atoms with Crippen molar-refractivity contribution in [2.75, 3.05) is 20.7 Å². The highest BCUT2D eigenvalue weighted by Crippen LogP contribution is 2.35. The Hall–Kier alpha value is -1.14. The van der Waals surface area contributed by atoms with Gasteiger partial charge in [0.15, 0.2) is 0 Å². The van der Waals surface area contributed by atoms with Gasteiger partial charge >= 0.3 is 5.97 Å². The molecule has 1 saturated heterocycles. The summed E-state index contributed by atoms with van der Waals surface area (Å²) < 4.78 is 5.03. The number of methoxy groups -OCH3 is 1. The van der Waals surface area contributed by atoms with Crippen LogP contribution in [0.25, 0.3) is 0 Å². The van der Waals surface area contributed by atoms with E-state index < -0.39 is 6.04 Å². The summed E-state index contributed by atoms with van der Waals surface area (Å²) in [4.78, 5) is 28.8. The molecule has 2 N–H and O–H groups in total. The lowest BCUT2D eigenvalue weighted by atomic mass is 9.79. The van der Waals surface area contributed by atoms with Crippen molar-refractivity contribution < 1.29 is 14.3 Å². The summed E-state index contributed by atoms with van der Waals surface area (Å²) in [6.07, 6.45) is 3.20. The summed E-state index contributed by atoms with van der Waals surface area (Å²) in [5.41, 5.74) is 5.89. The highest BCUT2D eigenvalue weighted by atomic mass is 16.5. The second-order valence-corrected chi connectivity index (χ2v) is 7.87. The number of nitrogens with zero attached hydrogens (tertiary/aromatic N) is 2. The Bertz CT molecular complexity index is 460. The van der Waals surface area contributed by atoms with E-state index in [-0.39, 0.29) is 29.4 Å². The Morgan fingerprint density at radius 2 is 1.96 bits per heavy atom. The van der Waals surface area contributed by atoms with Crippen LogP contribution < -0.4 is 5.73 Å². The zero-order valence-corrected chi connectivity index (χ0v) is 15.0. The molecule has 23 heavy (non-hydrogen) atoms. The van der Waals surface area contributed by atoms with Crippen molar-refractivity contribution in [2.24, 2.45) is 11.7 Å². The van der Waals surface area contributed by atoms with Gasteiger partial charge in [0, 0.05) is 24.2 Å². The molecule has 0 aromatic rings. The van der Waals surface area contributed by atoms with Gasteiger partial charge in [-0.25, -0.2) is 0 Å². The third kappa shape index (κ3) is 3.69. The average molecular weight is 325 g/mol. The molecular formula is C17H31N3O3. The predicted octanol–water partition coefficient (Wildman–Crippen LogP) is 0.987. The average Bonchev–Trinajstić information content (AvgIpc) is 2.84. The molecular weight excluding hydrogens is 294 g/mol. The molecule has 4 atom stereocenters. The minimum Gasteiger partial charge on any atom is -0.469 e. The van der Waals surface area contributed by atoms with Crippen LogP contribution in [0.1, 0.15) is 46.5 Å². The Morgan fingerprint density at radius 1 is 1.30 bits per heavy atom. The first kappa shape index (κ1) is 18.2. The third-order valence-corrected chi connectivity index (χ3v) is 5.58. The van der Waals surface area contributed by atoms with E-state index in [0.29, 0.717) is 19.0 Å².